The molecule has 0 unspecified atom stereocenters. The van der Waals surface area contributed by atoms with E-state index in [1.165, 1.54) is 19.2 Å². The third kappa shape index (κ3) is 7.49. The SMILES string of the molecule is COC(=O)C[C@H](O)C[C@H](O)CCc1c(C(C)C)c(C(=O)N(C)Cc2ccccc2)nn1-c1ccc(F)cc1. The van der Waals surface area contributed by atoms with E-state index in [1.807, 2.05) is 44.2 Å². The fourth-order valence-corrected chi connectivity index (χ4v) is 4.47. The number of nitrogens with zero attached hydrogens (tertiary/aromatic N) is 3. The van der Waals surface area contributed by atoms with E-state index in [0.717, 1.165) is 16.8 Å². The molecule has 0 saturated carbocycles. The summed E-state index contributed by atoms with van der Waals surface area (Å²) < 4.78 is 19.9. The second kappa shape index (κ2) is 13.3. The summed E-state index contributed by atoms with van der Waals surface area (Å²) in [5.74, 6) is -1.25. The summed E-state index contributed by atoms with van der Waals surface area (Å²) in [4.78, 5) is 26.6. The smallest absolute Gasteiger partial charge is 0.308 e. The minimum absolute atomic E-state index is 0.00238. The van der Waals surface area contributed by atoms with Gasteiger partial charge >= 0.3 is 5.97 Å². The lowest BCUT2D eigenvalue weighted by Crippen LogP contribution is -2.27. The Morgan fingerprint density at radius 1 is 1.05 bits per heavy atom. The Bertz CT molecular complexity index is 1210. The largest absolute Gasteiger partial charge is 0.469 e. The van der Waals surface area contributed by atoms with E-state index in [0.29, 0.717) is 24.3 Å². The molecule has 1 amide bonds. The van der Waals surface area contributed by atoms with Crippen molar-refractivity contribution >= 4 is 11.9 Å². The predicted molar refractivity (Wildman–Crippen MR) is 141 cm³/mol. The van der Waals surface area contributed by atoms with Gasteiger partial charge in [-0.3, -0.25) is 9.59 Å². The molecule has 3 rings (SSSR count). The zero-order chi connectivity index (χ0) is 27.8. The molecule has 8 nitrogen and oxygen atoms in total. The van der Waals surface area contributed by atoms with Gasteiger partial charge < -0.3 is 19.8 Å². The van der Waals surface area contributed by atoms with Crippen LogP contribution in [0.25, 0.3) is 5.69 Å². The maximum atomic E-state index is 13.7. The van der Waals surface area contributed by atoms with Crippen LogP contribution in [0.2, 0.25) is 0 Å². The van der Waals surface area contributed by atoms with Crippen LogP contribution in [0.4, 0.5) is 4.39 Å². The quantitative estimate of drug-likeness (QED) is 0.346. The first-order valence-corrected chi connectivity index (χ1v) is 12.7. The summed E-state index contributed by atoms with van der Waals surface area (Å²) in [6.45, 7) is 4.35. The summed E-state index contributed by atoms with van der Waals surface area (Å²) >= 11 is 0. The number of carbonyl (C=O) groups excluding carboxylic acids is 2. The molecule has 9 heteroatoms. The molecule has 2 aromatic carbocycles. The van der Waals surface area contributed by atoms with Crippen LogP contribution < -0.4 is 0 Å². The van der Waals surface area contributed by atoms with Crippen LogP contribution in [0, 0.1) is 5.82 Å². The maximum absolute atomic E-state index is 13.7. The van der Waals surface area contributed by atoms with Gasteiger partial charge in [-0.05, 0) is 55.0 Å². The Balaban J connectivity index is 1.92. The van der Waals surface area contributed by atoms with Gasteiger partial charge in [0.25, 0.3) is 5.91 Å². The molecule has 0 saturated heterocycles. The predicted octanol–water partition coefficient (Wildman–Crippen LogP) is 4.01. The molecule has 204 valence electrons. The molecule has 0 bridgehead atoms. The third-order valence-electron chi connectivity index (χ3n) is 6.37. The van der Waals surface area contributed by atoms with Crippen molar-refractivity contribution in [3.63, 3.8) is 0 Å². The number of hydrogen-bond acceptors (Lipinski definition) is 6. The zero-order valence-corrected chi connectivity index (χ0v) is 22.3. The zero-order valence-electron chi connectivity index (χ0n) is 22.3. The fourth-order valence-electron chi connectivity index (χ4n) is 4.47. The van der Waals surface area contributed by atoms with E-state index >= 15 is 0 Å². The summed E-state index contributed by atoms with van der Waals surface area (Å²) in [7, 11) is 2.97. The number of aliphatic hydroxyl groups is 2. The van der Waals surface area contributed by atoms with E-state index in [1.54, 1.807) is 28.8 Å². The van der Waals surface area contributed by atoms with Crippen molar-refractivity contribution in [1.29, 1.82) is 0 Å². The topological polar surface area (TPSA) is 105 Å². The number of rotatable bonds is 12. The van der Waals surface area contributed by atoms with Gasteiger partial charge in [0.05, 0.1) is 31.4 Å². The highest BCUT2D eigenvalue weighted by Crippen LogP contribution is 2.29. The standard InChI is InChI=1S/C29H36FN3O5/c1-19(2)27-25(15-14-23(34)16-24(35)17-26(36)38-4)33(22-12-10-21(30)11-13-22)31-28(27)29(37)32(3)18-20-8-6-5-7-9-20/h5-13,19,23-24,34-35H,14-18H2,1-4H3/t23-,24-/m1/s1. The molecule has 3 aromatic rings. The number of hydrogen-bond donors (Lipinski definition) is 2. The first-order valence-electron chi connectivity index (χ1n) is 12.7. The van der Waals surface area contributed by atoms with Gasteiger partial charge in [-0.2, -0.15) is 5.10 Å². The number of amides is 1. The number of ether oxygens (including phenoxy) is 1. The van der Waals surface area contributed by atoms with Crippen LogP contribution in [0.1, 0.15) is 66.3 Å². The third-order valence-corrected chi connectivity index (χ3v) is 6.37. The summed E-state index contributed by atoms with van der Waals surface area (Å²) in [6, 6.07) is 15.5. The number of benzene rings is 2. The first-order chi connectivity index (χ1) is 18.1. The number of aliphatic hydroxyl groups excluding tert-OH is 2. The van der Waals surface area contributed by atoms with Crippen molar-refractivity contribution in [3.8, 4) is 5.69 Å². The van der Waals surface area contributed by atoms with Gasteiger partial charge in [0, 0.05) is 24.8 Å². The fraction of sp³-hybridized carbons (Fsp3) is 0.414. The van der Waals surface area contributed by atoms with E-state index in [4.69, 9.17) is 5.10 Å². The van der Waals surface area contributed by atoms with Gasteiger partial charge in [0.15, 0.2) is 5.69 Å². The normalized spacial score (nSPS) is 12.8. The lowest BCUT2D eigenvalue weighted by atomic mass is 9.95. The van der Waals surface area contributed by atoms with Crippen LogP contribution in [0.3, 0.4) is 0 Å². The lowest BCUT2D eigenvalue weighted by Gasteiger charge is -2.18. The molecule has 0 fully saturated rings. The molecule has 38 heavy (non-hydrogen) atoms. The van der Waals surface area contributed by atoms with Crippen LogP contribution in [-0.2, 0) is 22.5 Å². The van der Waals surface area contributed by atoms with Crippen molar-refractivity contribution in [3.05, 3.63) is 82.9 Å². The second-order valence-corrected chi connectivity index (χ2v) is 9.76. The highest BCUT2D eigenvalue weighted by Gasteiger charge is 2.28. The molecule has 1 heterocycles. The van der Waals surface area contributed by atoms with Crippen molar-refractivity contribution in [1.82, 2.24) is 14.7 Å². The van der Waals surface area contributed by atoms with Crippen molar-refractivity contribution in [2.75, 3.05) is 14.2 Å². The molecule has 2 N–H and O–H groups in total. The number of methoxy groups -OCH3 is 1. The minimum Gasteiger partial charge on any atom is -0.469 e. The average Bonchev–Trinajstić information content (AvgIpc) is 3.27. The molecule has 0 aliphatic carbocycles. The van der Waals surface area contributed by atoms with Crippen LogP contribution in [0.15, 0.2) is 54.6 Å². The van der Waals surface area contributed by atoms with E-state index in [-0.39, 0.29) is 36.9 Å². The number of esters is 1. The number of carbonyl (C=O) groups is 2. The molecule has 0 aliphatic rings. The molecule has 1 aromatic heterocycles. The Morgan fingerprint density at radius 3 is 2.32 bits per heavy atom. The minimum atomic E-state index is -1.03. The highest BCUT2D eigenvalue weighted by atomic mass is 19.1. The first kappa shape index (κ1) is 29.0. The van der Waals surface area contributed by atoms with E-state index in [9.17, 15) is 24.2 Å². The maximum Gasteiger partial charge on any atom is 0.308 e. The number of aromatic nitrogens is 2. The Hall–Kier alpha value is -3.56. The molecule has 2 atom stereocenters. The average molecular weight is 526 g/mol. The Labute approximate surface area is 222 Å². The highest BCUT2D eigenvalue weighted by molar-refractivity contribution is 5.94. The van der Waals surface area contributed by atoms with Gasteiger partial charge in [0.2, 0.25) is 0 Å². The number of halogens is 1. The van der Waals surface area contributed by atoms with Gasteiger partial charge in [0.1, 0.15) is 5.82 Å². The van der Waals surface area contributed by atoms with Crippen LogP contribution in [0.5, 0.6) is 0 Å². The Morgan fingerprint density at radius 2 is 1.71 bits per heavy atom. The summed E-state index contributed by atoms with van der Waals surface area (Å²) in [6.07, 6.45) is -1.52. The van der Waals surface area contributed by atoms with Gasteiger partial charge in [-0.1, -0.05) is 44.2 Å². The summed E-state index contributed by atoms with van der Waals surface area (Å²) in [5, 5.41) is 25.4. The van der Waals surface area contributed by atoms with Crippen LogP contribution >= 0.6 is 0 Å². The van der Waals surface area contributed by atoms with E-state index in [2.05, 4.69) is 4.74 Å². The van der Waals surface area contributed by atoms with Crippen LogP contribution in [-0.4, -0.2) is 63.1 Å². The molecule has 0 aliphatic heterocycles. The Kier molecular flexibility index (Phi) is 10.2. The van der Waals surface area contributed by atoms with Gasteiger partial charge in [-0.15, -0.1) is 0 Å². The molecular formula is C29H36FN3O5. The second-order valence-electron chi connectivity index (χ2n) is 9.76. The summed E-state index contributed by atoms with van der Waals surface area (Å²) in [5.41, 5.74) is 3.36. The van der Waals surface area contributed by atoms with Gasteiger partial charge in [-0.25, -0.2) is 9.07 Å². The molecular weight excluding hydrogens is 489 g/mol. The van der Waals surface area contributed by atoms with Crippen molar-refractivity contribution < 1.29 is 28.9 Å². The van der Waals surface area contributed by atoms with Crippen molar-refractivity contribution in [2.45, 2.75) is 64.2 Å². The van der Waals surface area contributed by atoms with E-state index < -0.39 is 18.2 Å². The molecule has 0 spiro atoms. The lowest BCUT2D eigenvalue weighted by molar-refractivity contribution is -0.143. The van der Waals surface area contributed by atoms with Crippen molar-refractivity contribution in [2.24, 2.45) is 0 Å². The monoisotopic (exact) mass is 525 g/mol. The molecule has 0 radical (unpaired) electrons.